The largest absolute Gasteiger partial charge is 0.524 e. The number of para-hydroxylation sites is 1. The van der Waals surface area contributed by atoms with Gasteiger partial charge in [0.1, 0.15) is 23.0 Å². The molecule has 172 valence electrons. The first-order valence-electron chi connectivity index (χ1n) is 10.0. The molecule has 34 heavy (non-hydrogen) atoms. The maximum atomic E-state index is 13.6. The molecular formula is C26H17Cl3O5. The molecule has 0 bridgehead atoms. The topological polar surface area (TPSA) is 54.0 Å². The Balaban J connectivity index is 1.78. The van der Waals surface area contributed by atoms with Crippen LogP contribution in [0.4, 0.5) is 0 Å². The number of ether oxygens (including phenoxy) is 4. The number of hydrogen-bond acceptors (Lipinski definition) is 5. The van der Waals surface area contributed by atoms with Gasteiger partial charge >= 0.3 is 11.9 Å². The number of esters is 1. The minimum absolute atomic E-state index is 0.248. The molecule has 4 aromatic rings. The first kappa shape index (κ1) is 23.8. The highest BCUT2D eigenvalue weighted by molar-refractivity contribution is 6.31. The summed E-state index contributed by atoms with van der Waals surface area (Å²) in [6.07, 6.45) is 0. The van der Waals surface area contributed by atoms with Gasteiger partial charge in [0.15, 0.2) is 0 Å². The molecule has 0 radical (unpaired) electrons. The Morgan fingerprint density at radius 2 is 0.853 bits per heavy atom. The first-order chi connectivity index (χ1) is 16.4. The Hall–Kier alpha value is -3.38. The van der Waals surface area contributed by atoms with Crippen LogP contribution in [0, 0.1) is 0 Å². The van der Waals surface area contributed by atoms with Gasteiger partial charge in [-0.15, -0.1) is 0 Å². The third kappa shape index (κ3) is 6.14. The molecule has 0 amide bonds. The van der Waals surface area contributed by atoms with E-state index in [2.05, 4.69) is 0 Å². The average molecular weight is 516 g/mol. The van der Waals surface area contributed by atoms with Crippen molar-refractivity contribution in [3.05, 3.63) is 118 Å². The van der Waals surface area contributed by atoms with Gasteiger partial charge < -0.3 is 18.9 Å². The monoisotopic (exact) mass is 514 g/mol. The molecule has 0 aliphatic heterocycles. The molecule has 0 saturated heterocycles. The van der Waals surface area contributed by atoms with Crippen molar-refractivity contribution in [2.45, 2.75) is 5.97 Å². The maximum Gasteiger partial charge on any atom is 0.524 e. The van der Waals surface area contributed by atoms with E-state index in [-0.39, 0.29) is 23.0 Å². The molecule has 0 unspecified atom stereocenters. The fourth-order valence-electron chi connectivity index (χ4n) is 2.82. The summed E-state index contributed by atoms with van der Waals surface area (Å²) in [5, 5.41) is 1.46. The van der Waals surface area contributed by atoms with Gasteiger partial charge in [0.25, 0.3) is 0 Å². The summed E-state index contributed by atoms with van der Waals surface area (Å²) < 4.78 is 23.6. The SMILES string of the molecule is O=C(Oc1ccccc1)C(Oc1ccc(Cl)cc1)(Oc1ccc(Cl)cc1)Oc1ccc(Cl)cc1. The molecule has 0 N–H and O–H groups in total. The molecule has 0 saturated carbocycles. The standard InChI is InChI=1S/C26H17Cl3O5/c27-18-6-12-22(13-7-18)32-26(33-23-14-8-19(28)9-15-23,34-24-16-10-20(29)11-17-24)25(30)31-21-4-2-1-3-5-21/h1-17H. The van der Waals surface area contributed by atoms with E-state index in [4.69, 9.17) is 53.8 Å². The fraction of sp³-hybridized carbons (Fsp3) is 0.0385. The second kappa shape index (κ2) is 10.7. The molecule has 4 aromatic carbocycles. The number of hydrogen-bond donors (Lipinski definition) is 0. The predicted molar refractivity (Wildman–Crippen MR) is 131 cm³/mol. The van der Waals surface area contributed by atoms with E-state index >= 15 is 0 Å². The van der Waals surface area contributed by atoms with E-state index in [0.717, 1.165) is 0 Å². The molecule has 0 aromatic heterocycles. The zero-order valence-corrected chi connectivity index (χ0v) is 19.8. The van der Waals surface area contributed by atoms with Crippen LogP contribution in [0.2, 0.25) is 15.1 Å². The summed E-state index contributed by atoms with van der Waals surface area (Å²) in [6, 6.07) is 27.6. The molecule has 8 heteroatoms. The van der Waals surface area contributed by atoms with Gasteiger partial charge in [-0.2, -0.15) is 0 Å². The minimum Gasteiger partial charge on any atom is -0.418 e. The normalized spacial score (nSPS) is 10.9. The highest BCUT2D eigenvalue weighted by Gasteiger charge is 2.51. The van der Waals surface area contributed by atoms with E-state index in [9.17, 15) is 4.79 Å². The zero-order valence-electron chi connectivity index (χ0n) is 17.5. The van der Waals surface area contributed by atoms with E-state index in [0.29, 0.717) is 15.1 Å². The highest BCUT2D eigenvalue weighted by atomic mass is 35.5. The van der Waals surface area contributed by atoms with Crippen molar-refractivity contribution < 1.29 is 23.7 Å². The molecule has 4 rings (SSSR count). The summed E-state index contributed by atoms with van der Waals surface area (Å²) in [7, 11) is 0. The third-order valence-corrected chi connectivity index (χ3v) is 5.16. The lowest BCUT2D eigenvalue weighted by Gasteiger charge is -2.31. The number of benzene rings is 4. The third-order valence-electron chi connectivity index (χ3n) is 4.40. The summed E-state index contributed by atoms with van der Waals surface area (Å²) in [5.74, 6) is -2.33. The lowest BCUT2D eigenvalue weighted by Crippen LogP contribution is -2.57. The van der Waals surface area contributed by atoms with Gasteiger partial charge in [0.05, 0.1) is 0 Å². The lowest BCUT2D eigenvalue weighted by atomic mass is 10.3. The summed E-state index contributed by atoms with van der Waals surface area (Å²) in [5.41, 5.74) is 0. The van der Waals surface area contributed by atoms with Crippen LogP contribution in [0.1, 0.15) is 0 Å². The van der Waals surface area contributed by atoms with E-state index in [1.807, 2.05) is 0 Å². The Labute approximate surface area is 211 Å². The molecule has 0 fully saturated rings. The van der Waals surface area contributed by atoms with E-state index in [1.165, 1.54) is 0 Å². The quantitative estimate of drug-likeness (QED) is 0.139. The Morgan fingerprint density at radius 1 is 0.500 bits per heavy atom. The number of carbonyl (C=O) groups excluding carboxylic acids is 1. The minimum atomic E-state index is -2.38. The van der Waals surface area contributed by atoms with Crippen LogP contribution in [-0.4, -0.2) is 11.9 Å². The van der Waals surface area contributed by atoms with Gasteiger partial charge in [-0.05, 0) is 84.9 Å². The molecule has 0 aliphatic carbocycles. The Morgan fingerprint density at radius 3 is 1.21 bits per heavy atom. The number of rotatable bonds is 8. The van der Waals surface area contributed by atoms with Crippen molar-refractivity contribution in [1.82, 2.24) is 0 Å². The number of carbonyl (C=O) groups is 1. The van der Waals surface area contributed by atoms with Crippen molar-refractivity contribution in [3.8, 4) is 23.0 Å². The smallest absolute Gasteiger partial charge is 0.418 e. The van der Waals surface area contributed by atoms with Crippen molar-refractivity contribution in [2.24, 2.45) is 0 Å². The van der Waals surface area contributed by atoms with Crippen molar-refractivity contribution >= 4 is 40.8 Å². The van der Waals surface area contributed by atoms with Crippen molar-refractivity contribution in [3.63, 3.8) is 0 Å². The van der Waals surface area contributed by atoms with Crippen LogP contribution in [0.25, 0.3) is 0 Å². The predicted octanol–water partition coefficient (Wildman–Crippen LogP) is 7.44. The first-order valence-corrected chi connectivity index (χ1v) is 11.2. The molecule has 0 spiro atoms. The second-order valence-corrected chi connectivity index (χ2v) is 8.24. The van der Waals surface area contributed by atoms with Gasteiger partial charge in [-0.1, -0.05) is 53.0 Å². The van der Waals surface area contributed by atoms with Crippen LogP contribution < -0.4 is 18.9 Å². The summed E-state index contributed by atoms with van der Waals surface area (Å²) in [6.45, 7) is 0. The van der Waals surface area contributed by atoms with E-state index in [1.54, 1.807) is 103 Å². The molecule has 0 heterocycles. The van der Waals surface area contributed by atoms with Crippen LogP contribution in [-0.2, 0) is 4.79 Å². The number of halogens is 3. The lowest BCUT2D eigenvalue weighted by molar-refractivity contribution is -0.253. The summed E-state index contributed by atoms with van der Waals surface area (Å²) >= 11 is 18.0. The zero-order chi connectivity index (χ0) is 24.0. The van der Waals surface area contributed by atoms with Gasteiger partial charge in [-0.25, -0.2) is 4.79 Å². The van der Waals surface area contributed by atoms with Gasteiger partial charge in [-0.3, -0.25) is 0 Å². The highest BCUT2D eigenvalue weighted by Crippen LogP contribution is 2.30. The Kier molecular flexibility index (Phi) is 7.48. The molecular weight excluding hydrogens is 499 g/mol. The van der Waals surface area contributed by atoms with Crippen molar-refractivity contribution in [1.29, 1.82) is 0 Å². The van der Waals surface area contributed by atoms with E-state index < -0.39 is 11.9 Å². The van der Waals surface area contributed by atoms with Gasteiger partial charge in [0, 0.05) is 15.1 Å². The van der Waals surface area contributed by atoms with Crippen LogP contribution >= 0.6 is 34.8 Å². The second-order valence-electron chi connectivity index (χ2n) is 6.93. The van der Waals surface area contributed by atoms with Gasteiger partial charge in [0.2, 0.25) is 0 Å². The Bertz CT molecular complexity index is 1110. The van der Waals surface area contributed by atoms with Crippen LogP contribution in [0.5, 0.6) is 23.0 Å². The van der Waals surface area contributed by atoms with Crippen molar-refractivity contribution in [2.75, 3.05) is 0 Å². The molecule has 5 nitrogen and oxygen atoms in total. The van der Waals surface area contributed by atoms with Crippen LogP contribution in [0.15, 0.2) is 103 Å². The average Bonchev–Trinajstić information content (AvgIpc) is 2.84. The summed E-state index contributed by atoms with van der Waals surface area (Å²) in [4.78, 5) is 13.6. The van der Waals surface area contributed by atoms with Crippen LogP contribution in [0.3, 0.4) is 0 Å². The maximum absolute atomic E-state index is 13.6. The fourth-order valence-corrected chi connectivity index (χ4v) is 3.20. The molecule has 0 atom stereocenters. The molecule has 0 aliphatic rings.